The molecule has 4 N–H and O–H groups in total. The first kappa shape index (κ1) is 17.6. The molecule has 3 rings (SSSR count). The van der Waals surface area contributed by atoms with Gasteiger partial charge in [0.25, 0.3) is 5.91 Å². The number of nitrogens with zero attached hydrogens (tertiary/aromatic N) is 1. The van der Waals surface area contributed by atoms with Crippen molar-refractivity contribution >= 4 is 28.8 Å². The number of anilines is 1. The molecule has 0 aliphatic heterocycles. The molecular weight excluding hydrogens is 350 g/mol. The van der Waals surface area contributed by atoms with Crippen molar-refractivity contribution in [3.63, 3.8) is 0 Å². The third-order valence-corrected chi connectivity index (χ3v) is 4.61. The molecule has 0 saturated carbocycles. The van der Waals surface area contributed by atoms with Crippen LogP contribution in [0, 0.1) is 6.92 Å². The van der Waals surface area contributed by atoms with Crippen LogP contribution in [0.2, 0.25) is 0 Å². The van der Waals surface area contributed by atoms with Gasteiger partial charge in [0.05, 0.1) is 17.7 Å². The number of aryl methyl sites for hydroxylation is 1. The quantitative estimate of drug-likeness (QED) is 0.644. The smallest absolute Gasteiger partial charge is 0.252 e. The minimum Gasteiger partial charge on any atom is -0.507 e. The fourth-order valence-electron chi connectivity index (χ4n) is 2.40. The van der Waals surface area contributed by atoms with Gasteiger partial charge in [-0.05, 0) is 37.3 Å². The van der Waals surface area contributed by atoms with E-state index in [1.54, 1.807) is 11.4 Å². The largest absolute Gasteiger partial charge is 0.507 e. The van der Waals surface area contributed by atoms with Gasteiger partial charge < -0.3 is 16.2 Å². The highest BCUT2D eigenvalue weighted by atomic mass is 32.1. The maximum absolute atomic E-state index is 12.2. The Morgan fingerprint density at radius 1 is 1.19 bits per heavy atom. The summed E-state index contributed by atoms with van der Waals surface area (Å²) in [4.78, 5) is 27.9. The van der Waals surface area contributed by atoms with E-state index in [1.165, 1.54) is 23.5 Å². The second-order valence-corrected chi connectivity index (χ2v) is 6.76. The van der Waals surface area contributed by atoms with Crippen LogP contribution in [0.4, 0.5) is 5.69 Å². The summed E-state index contributed by atoms with van der Waals surface area (Å²) in [5, 5.41) is 14.9. The van der Waals surface area contributed by atoms with Gasteiger partial charge in [0.15, 0.2) is 0 Å². The lowest BCUT2D eigenvalue weighted by molar-refractivity contribution is -0.115. The van der Waals surface area contributed by atoms with Crippen LogP contribution < -0.4 is 11.1 Å². The first-order valence-electron chi connectivity index (χ1n) is 7.86. The normalized spacial score (nSPS) is 10.5. The van der Waals surface area contributed by atoms with E-state index in [-0.39, 0.29) is 23.6 Å². The molecule has 7 heteroatoms. The van der Waals surface area contributed by atoms with E-state index in [4.69, 9.17) is 5.73 Å². The van der Waals surface area contributed by atoms with E-state index < -0.39 is 5.91 Å². The second-order valence-electron chi connectivity index (χ2n) is 5.81. The molecule has 132 valence electrons. The predicted octanol–water partition coefficient (Wildman–Crippen LogP) is 3.10. The van der Waals surface area contributed by atoms with Crippen molar-refractivity contribution in [3.05, 3.63) is 64.0 Å². The van der Waals surface area contributed by atoms with E-state index in [1.807, 2.05) is 31.2 Å². The van der Waals surface area contributed by atoms with Gasteiger partial charge in [-0.15, -0.1) is 11.3 Å². The lowest BCUT2D eigenvalue weighted by Gasteiger charge is -2.04. The highest BCUT2D eigenvalue weighted by Gasteiger charge is 2.13. The van der Waals surface area contributed by atoms with Gasteiger partial charge in [0.2, 0.25) is 5.91 Å². The standard InChI is InChI=1S/C19H17N3O3S/c1-11-2-5-13(6-3-11)21-17(24)9-18-22-15(10-26-18)12-4-7-16(23)14(8-12)19(20)25/h2-8,10,23H,9H2,1H3,(H2,20,25)(H,21,24). The summed E-state index contributed by atoms with van der Waals surface area (Å²) in [5.41, 5.74) is 8.41. The molecule has 2 aromatic carbocycles. The third kappa shape index (κ3) is 4.07. The number of carbonyl (C=O) groups excluding carboxylic acids is 2. The average molecular weight is 367 g/mol. The summed E-state index contributed by atoms with van der Waals surface area (Å²) in [6, 6.07) is 12.1. The molecule has 0 aliphatic carbocycles. The molecule has 26 heavy (non-hydrogen) atoms. The molecule has 6 nitrogen and oxygen atoms in total. The van der Waals surface area contributed by atoms with Crippen molar-refractivity contribution in [2.45, 2.75) is 13.3 Å². The molecule has 0 bridgehead atoms. The van der Waals surface area contributed by atoms with Gasteiger partial charge >= 0.3 is 0 Å². The van der Waals surface area contributed by atoms with Crippen LogP contribution in [-0.4, -0.2) is 21.9 Å². The number of amides is 2. The summed E-state index contributed by atoms with van der Waals surface area (Å²) in [5.74, 6) is -1.04. The fourth-order valence-corrected chi connectivity index (χ4v) is 3.20. The number of aromatic hydroxyl groups is 1. The number of phenols is 1. The zero-order chi connectivity index (χ0) is 18.7. The zero-order valence-corrected chi connectivity index (χ0v) is 14.8. The van der Waals surface area contributed by atoms with Gasteiger partial charge in [0.1, 0.15) is 10.8 Å². The zero-order valence-electron chi connectivity index (χ0n) is 14.0. The number of nitrogens with one attached hydrogen (secondary N) is 1. The summed E-state index contributed by atoms with van der Waals surface area (Å²) in [7, 11) is 0. The van der Waals surface area contributed by atoms with Crippen molar-refractivity contribution in [1.82, 2.24) is 4.98 Å². The SMILES string of the molecule is Cc1ccc(NC(=O)Cc2nc(-c3ccc(O)c(C(N)=O)c3)cs2)cc1. The Kier molecular flexibility index (Phi) is 4.99. The minimum atomic E-state index is -0.711. The van der Waals surface area contributed by atoms with Crippen molar-refractivity contribution < 1.29 is 14.7 Å². The molecule has 1 aromatic heterocycles. The Balaban J connectivity index is 1.71. The lowest BCUT2D eigenvalue weighted by Crippen LogP contribution is -2.14. The summed E-state index contributed by atoms with van der Waals surface area (Å²) in [6.45, 7) is 1.98. The molecule has 0 unspecified atom stereocenters. The van der Waals surface area contributed by atoms with Crippen molar-refractivity contribution in [2.75, 3.05) is 5.32 Å². The van der Waals surface area contributed by atoms with E-state index >= 15 is 0 Å². The summed E-state index contributed by atoms with van der Waals surface area (Å²) >= 11 is 1.35. The Morgan fingerprint density at radius 2 is 1.92 bits per heavy atom. The van der Waals surface area contributed by atoms with Crippen LogP contribution in [0.15, 0.2) is 47.8 Å². The molecule has 0 aliphatic rings. The highest BCUT2D eigenvalue weighted by Crippen LogP contribution is 2.27. The number of hydrogen-bond acceptors (Lipinski definition) is 5. The Morgan fingerprint density at radius 3 is 2.62 bits per heavy atom. The topological polar surface area (TPSA) is 105 Å². The van der Waals surface area contributed by atoms with Gasteiger partial charge in [-0.2, -0.15) is 0 Å². The number of carbonyl (C=O) groups is 2. The minimum absolute atomic E-state index is 0.0363. The van der Waals surface area contributed by atoms with Gasteiger partial charge in [0, 0.05) is 16.6 Å². The van der Waals surface area contributed by atoms with Gasteiger partial charge in [-0.25, -0.2) is 4.98 Å². The molecular formula is C19H17N3O3S. The number of hydrogen-bond donors (Lipinski definition) is 3. The van der Waals surface area contributed by atoms with Crippen LogP contribution in [0.3, 0.4) is 0 Å². The Bertz CT molecular complexity index is 964. The molecule has 0 atom stereocenters. The molecule has 1 heterocycles. The van der Waals surface area contributed by atoms with Crippen molar-refractivity contribution in [2.24, 2.45) is 5.73 Å². The first-order valence-corrected chi connectivity index (χ1v) is 8.74. The molecule has 2 amide bonds. The molecule has 0 spiro atoms. The molecule has 0 saturated heterocycles. The van der Waals surface area contributed by atoms with Crippen LogP contribution >= 0.6 is 11.3 Å². The maximum atomic E-state index is 12.2. The summed E-state index contributed by atoms with van der Waals surface area (Å²) in [6.07, 6.45) is 0.152. The van der Waals surface area contributed by atoms with Crippen molar-refractivity contribution in [1.29, 1.82) is 0 Å². The predicted molar refractivity (Wildman–Crippen MR) is 101 cm³/mol. The van der Waals surface area contributed by atoms with E-state index in [9.17, 15) is 14.7 Å². The van der Waals surface area contributed by atoms with Crippen molar-refractivity contribution in [3.8, 4) is 17.0 Å². The van der Waals surface area contributed by atoms with E-state index in [0.29, 0.717) is 16.3 Å². The number of thiazole rings is 1. The lowest BCUT2D eigenvalue weighted by atomic mass is 10.1. The van der Waals surface area contributed by atoms with Crippen LogP contribution in [0.5, 0.6) is 5.75 Å². The third-order valence-electron chi connectivity index (χ3n) is 3.76. The average Bonchev–Trinajstić information content (AvgIpc) is 3.05. The Labute approximate surface area is 154 Å². The molecule has 0 fully saturated rings. The molecule has 3 aromatic rings. The number of rotatable bonds is 5. The highest BCUT2D eigenvalue weighted by molar-refractivity contribution is 7.10. The second kappa shape index (κ2) is 7.37. The number of primary amides is 1. The van der Waals surface area contributed by atoms with Crippen LogP contribution in [0.25, 0.3) is 11.3 Å². The van der Waals surface area contributed by atoms with Crippen LogP contribution in [0.1, 0.15) is 20.9 Å². The van der Waals surface area contributed by atoms with E-state index in [2.05, 4.69) is 10.3 Å². The Hall–Kier alpha value is -3.19. The molecule has 0 radical (unpaired) electrons. The van der Waals surface area contributed by atoms with Gasteiger partial charge in [-0.3, -0.25) is 9.59 Å². The summed E-state index contributed by atoms with van der Waals surface area (Å²) < 4.78 is 0. The fraction of sp³-hybridized carbons (Fsp3) is 0.105. The number of aromatic nitrogens is 1. The first-order chi connectivity index (χ1) is 12.4. The van der Waals surface area contributed by atoms with E-state index in [0.717, 1.165) is 11.3 Å². The number of benzene rings is 2. The van der Waals surface area contributed by atoms with Gasteiger partial charge in [-0.1, -0.05) is 17.7 Å². The van der Waals surface area contributed by atoms with Crippen LogP contribution in [-0.2, 0) is 11.2 Å². The number of nitrogens with two attached hydrogens (primary N) is 1. The maximum Gasteiger partial charge on any atom is 0.252 e. The monoisotopic (exact) mass is 367 g/mol.